The van der Waals surface area contributed by atoms with E-state index in [0.29, 0.717) is 0 Å². The van der Waals surface area contributed by atoms with Crippen LogP contribution in [0.25, 0.3) is 0 Å². The molecular weight excluding hydrogens is 360 g/mol. The van der Waals surface area contributed by atoms with E-state index in [9.17, 15) is 25.3 Å². The lowest BCUT2D eigenvalue weighted by Gasteiger charge is -2.11. The minimum atomic E-state index is -4.75. The predicted molar refractivity (Wildman–Crippen MR) is 75.3 cm³/mol. The first kappa shape index (κ1) is 19.0. The number of sulfone groups is 1. The van der Waals surface area contributed by atoms with Crippen LogP contribution in [0.15, 0.2) is 21.9 Å². The SMILES string of the molecule is Cc1cc(S(=O)(=O)CCOS(=O)(=O)O)c(C)cc1S(=O)(=O)O. The van der Waals surface area contributed by atoms with Crippen molar-refractivity contribution in [2.75, 3.05) is 12.4 Å². The smallest absolute Gasteiger partial charge is 0.282 e. The van der Waals surface area contributed by atoms with Crippen molar-refractivity contribution in [3.05, 3.63) is 23.3 Å². The topological polar surface area (TPSA) is 152 Å². The van der Waals surface area contributed by atoms with Gasteiger partial charge in [0.15, 0.2) is 9.84 Å². The maximum atomic E-state index is 12.1. The van der Waals surface area contributed by atoms with Gasteiger partial charge in [-0.3, -0.25) is 9.11 Å². The number of hydrogen-bond acceptors (Lipinski definition) is 7. The van der Waals surface area contributed by atoms with E-state index in [1.54, 1.807) is 0 Å². The van der Waals surface area contributed by atoms with Gasteiger partial charge in [-0.05, 0) is 37.1 Å². The summed E-state index contributed by atoms with van der Waals surface area (Å²) in [7, 11) is -13.2. The zero-order chi connectivity index (χ0) is 17.3. The molecule has 0 bridgehead atoms. The normalized spacial score (nSPS) is 13.3. The molecule has 12 heteroatoms. The van der Waals surface area contributed by atoms with Crippen LogP contribution in [0.4, 0.5) is 0 Å². The first-order chi connectivity index (χ1) is 9.74. The molecule has 0 amide bonds. The highest BCUT2D eigenvalue weighted by Gasteiger charge is 2.22. The fraction of sp³-hybridized carbons (Fsp3) is 0.400. The number of hydrogen-bond donors (Lipinski definition) is 2. The minimum absolute atomic E-state index is 0.0161. The van der Waals surface area contributed by atoms with Crippen LogP contribution in [-0.2, 0) is 34.5 Å². The summed E-state index contributed by atoms with van der Waals surface area (Å²) in [6.07, 6.45) is 0. The van der Waals surface area contributed by atoms with Gasteiger partial charge in [0, 0.05) is 0 Å². The highest BCUT2D eigenvalue weighted by Crippen LogP contribution is 2.24. The lowest BCUT2D eigenvalue weighted by atomic mass is 10.2. The Balaban J connectivity index is 3.19. The van der Waals surface area contributed by atoms with Crippen LogP contribution in [0, 0.1) is 13.8 Å². The maximum Gasteiger partial charge on any atom is 0.397 e. The van der Waals surface area contributed by atoms with Gasteiger partial charge in [-0.15, -0.1) is 0 Å². The van der Waals surface area contributed by atoms with Gasteiger partial charge < -0.3 is 0 Å². The third kappa shape index (κ3) is 5.00. The van der Waals surface area contributed by atoms with E-state index in [1.807, 2.05) is 0 Å². The standard InChI is InChI=1S/C10H14O9S3/c1-7-6-10(21(13,14)15)8(2)5-9(7)20(11,12)4-3-19-22(16,17)18/h5-6H,3-4H2,1-2H3,(H,13,14,15)(H,16,17,18). The lowest BCUT2D eigenvalue weighted by Crippen LogP contribution is -2.17. The number of rotatable bonds is 6. The summed E-state index contributed by atoms with van der Waals surface area (Å²) in [6, 6.07) is 2.06. The molecule has 1 rings (SSSR count). The highest BCUT2D eigenvalue weighted by atomic mass is 32.3. The van der Waals surface area contributed by atoms with Crippen molar-refractivity contribution >= 4 is 30.4 Å². The van der Waals surface area contributed by atoms with E-state index in [4.69, 9.17) is 9.11 Å². The van der Waals surface area contributed by atoms with Gasteiger partial charge >= 0.3 is 10.4 Å². The molecule has 0 heterocycles. The second-order valence-corrected chi connectivity index (χ2v) is 8.99. The predicted octanol–water partition coefficient (Wildman–Crippen LogP) is 0.143. The summed E-state index contributed by atoms with van der Waals surface area (Å²) in [5.74, 6) is -0.738. The summed E-state index contributed by atoms with van der Waals surface area (Å²) in [5.41, 5.74) is 0.0763. The Morgan fingerprint density at radius 2 is 1.36 bits per heavy atom. The molecule has 9 nitrogen and oxygen atoms in total. The van der Waals surface area contributed by atoms with E-state index >= 15 is 0 Å². The molecule has 0 fully saturated rings. The molecule has 0 aliphatic carbocycles. The third-order valence-electron chi connectivity index (χ3n) is 2.67. The molecule has 0 spiro atoms. The molecule has 22 heavy (non-hydrogen) atoms. The molecule has 2 N–H and O–H groups in total. The van der Waals surface area contributed by atoms with Crippen molar-refractivity contribution in [3.63, 3.8) is 0 Å². The van der Waals surface area contributed by atoms with Crippen LogP contribution in [0.2, 0.25) is 0 Å². The van der Waals surface area contributed by atoms with Gasteiger partial charge in [0.2, 0.25) is 0 Å². The van der Waals surface area contributed by atoms with Crippen LogP contribution in [0.5, 0.6) is 0 Å². The van der Waals surface area contributed by atoms with Gasteiger partial charge in [-0.1, -0.05) is 0 Å². The average Bonchev–Trinajstić information content (AvgIpc) is 2.28. The van der Waals surface area contributed by atoms with Crippen molar-refractivity contribution in [3.8, 4) is 0 Å². The molecule has 0 radical (unpaired) electrons. The van der Waals surface area contributed by atoms with Gasteiger partial charge in [0.05, 0.1) is 22.2 Å². The molecule has 1 aromatic rings. The molecule has 0 saturated heterocycles. The van der Waals surface area contributed by atoms with Gasteiger partial charge in [0.25, 0.3) is 10.1 Å². The number of aryl methyl sites for hydroxylation is 2. The molecule has 0 aromatic heterocycles. The van der Waals surface area contributed by atoms with Gasteiger partial charge in [-0.25, -0.2) is 12.6 Å². The van der Waals surface area contributed by atoms with Crippen LogP contribution >= 0.6 is 0 Å². The Hall–Kier alpha value is -1.05. The lowest BCUT2D eigenvalue weighted by molar-refractivity contribution is 0.284. The first-order valence-corrected chi connectivity index (χ1v) is 10.1. The van der Waals surface area contributed by atoms with Crippen LogP contribution in [-0.4, -0.2) is 46.7 Å². The van der Waals surface area contributed by atoms with Crippen LogP contribution in [0.3, 0.4) is 0 Å². The van der Waals surface area contributed by atoms with Crippen LogP contribution < -0.4 is 0 Å². The second-order valence-electron chi connectivity index (χ2n) is 4.43. The summed E-state index contributed by atoms with van der Waals surface area (Å²) in [5, 5.41) is 0. The monoisotopic (exact) mass is 374 g/mol. The molecule has 0 aliphatic rings. The van der Waals surface area contributed by atoms with Crippen molar-refractivity contribution < 1.29 is 38.5 Å². The van der Waals surface area contributed by atoms with E-state index in [0.717, 1.165) is 12.1 Å². The summed E-state index contributed by atoms with van der Waals surface area (Å²) in [4.78, 5) is -0.644. The Morgan fingerprint density at radius 3 is 1.82 bits per heavy atom. The van der Waals surface area contributed by atoms with Gasteiger partial charge in [0.1, 0.15) is 0 Å². The van der Waals surface area contributed by atoms with Crippen molar-refractivity contribution in [1.29, 1.82) is 0 Å². The molecule has 0 atom stereocenters. The van der Waals surface area contributed by atoms with Crippen molar-refractivity contribution in [2.24, 2.45) is 0 Å². The Bertz CT molecular complexity index is 880. The molecular formula is C10H14O9S3. The minimum Gasteiger partial charge on any atom is -0.282 e. The second kappa shape index (κ2) is 6.22. The fourth-order valence-electron chi connectivity index (χ4n) is 1.74. The summed E-state index contributed by atoms with van der Waals surface area (Å²) >= 11 is 0. The largest absolute Gasteiger partial charge is 0.397 e. The first-order valence-electron chi connectivity index (χ1n) is 5.67. The molecule has 0 saturated carbocycles. The van der Waals surface area contributed by atoms with E-state index in [1.165, 1.54) is 13.8 Å². The van der Waals surface area contributed by atoms with Gasteiger partial charge in [-0.2, -0.15) is 16.8 Å². The van der Waals surface area contributed by atoms with E-state index in [2.05, 4.69) is 4.18 Å². The van der Waals surface area contributed by atoms with Crippen LogP contribution in [0.1, 0.15) is 11.1 Å². The molecule has 1 aromatic carbocycles. The summed E-state index contributed by atoms with van der Waals surface area (Å²) < 4.78 is 88.5. The van der Waals surface area contributed by atoms with Crippen molar-refractivity contribution in [1.82, 2.24) is 0 Å². The van der Waals surface area contributed by atoms with E-state index < -0.39 is 47.6 Å². The fourth-order valence-corrected chi connectivity index (χ4v) is 4.35. The summed E-state index contributed by atoms with van der Waals surface area (Å²) in [6.45, 7) is 1.83. The maximum absolute atomic E-state index is 12.1. The Kier molecular flexibility index (Phi) is 5.37. The van der Waals surface area contributed by atoms with E-state index in [-0.39, 0.29) is 16.0 Å². The molecule has 0 aliphatic heterocycles. The highest BCUT2D eigenvalue weighted by molar-refractivity contribution is 7.91. The average molecular weight is 374 g/mol. The molecule has 126 valence electrons. The Labute approximate surface area is 128 Å². The Morgan fingerprint density at radius 1 is 0.909 bits per heavy atom. The van der Waals surface area contributed by atoms with Crippen molar-refractivity contribution in [2.45, 2.75) is 23.6 Å². The number of benzene rings is 1. The molecule has 0 unspecified atom stereocenters. The quantitative estimate of drug-likeness (QED) is 0.662. The third-order valence-corrected chi connectivity index (χ3v) is 5.94. The zero-order valence-corrected chi connectivity index (χ0v) is 14.0. The zero-order valence-electron chi connectivity index (χ0n) is 11.5.